The second kappa shape index (κ2) is 6.98. The molecule has 0 spiro atoms. The Labute approximate surface area is 89.8 Å². The minimum Gasteiger partial charge on any atom is -0.347 e. The molecule has 0 rings (SSSR count). The molecule has 0 aromatic heterocycles. The topological polar surface area (TPSA) is 66.5 Å². The van der Waals surface area contributed by atoms with E-state index in [1.165, 1.54) is 11.8 Å². The molecule has 0 bridgehead atoms. The Morgan fingerprint density at radius 3 is 2.27 bits per heavy atom. The number of rotatable bonds is 6. The molecule has 0 saturated carbocycles. The summed E-state index contributed by atoms with van der Waals surface area (Å²) in [5.74, 6) is -0.418. The smallest absolute Gasteiger partial charge is 0.241 e. The van der Waals surface area contributed by atoms with E-state index in [1.54, 1.807) is 7.05 Å². The number of hydrogen-bond donors (Lipinski definition) is 1. The highest BCUT2D eigenvalue weighted by Crippen LogP contribution is 1.90. The zero-order valence-corrected chi connectivity index (χ0v) is 9.50. The highest BCUT2D eigenvalue weighted by Gasteiger charge is 2.08. The van der Waals surface area contributed by atoms with E-state index in [0.717, 1.165) is 0 Å². The molecule has 0 saturated heterocycles. The van der Waals surface area contributed by atoms with E-state index in [4.69, 9.17) is 0 Å². The average molecular weight is 214 g/mol. The molecule has 0 aromatic carbocycles. The van der Waals surface area contributed by atoms with Gasteiger partial charge in [-0.25, -0.2) is 0 Å². The molecular formula is C10H18N2O3. The number of amides is 2. The van der Waals surface area contributed by atoms with Crippen LogP contribution < -0.4 is 5.32 Å². The van der Waals surface area contributed by atoms with Crippen LogP contribution in [0.15, 0.2) is 0 Å². The van der Waals surface area contributed by atoms with Gasteiger partial charge < -0.3 is 15.0 Å². The van der Waals surface area contributed by atoms with Crippen molar-refractivity contribution >= 4 is 17.6 Å². The van der Waals surface area contributed by atoms with Gasteiger partial charge in [-0.2, -0.15) is 0 Å². The van der Waals surface area contributed by atoms with Gasteiger partial charge in [-0.3, -0.25) is 9.59 Å². The average Bonchev–Trinajstić information content (AvgIpc) is 2.21. The molecule has 0 heterocycles. The van der Waals surface area contributed by atoms with Gasteiger partial charge in [0.25, 0.3) is 0 Å². The molecule has 0 aliphatic heterocycles. The Bertz CT molecular complexity index is 251. The summed E-state index contributed by atoms with van der Waals surface area (Å²) in [5.41, 5.74) is 0. The lowest BCUT2D eigenvalue weighted by molar-refractivity contribution is -0.131. The number of Topliss-reactive ketones (excluding diaryl/α,β-unsaturated/α-hetero) is 1. The Morgan fingerprint density at radius 1 is 1.20 bits per heavy atom. The van der Waals surface area contributed by atoms with Gasteiger partial charge in [-0.05, 0) is 13.8 Å². The predicted octanol–water partition coefficient (Wildman–Crippen LogP) is -0.0499. The van der Waals surface area contributed by atoms with Crippen LogP contribution in [0, 0.1) is 0 Å². The van der Waals surface area contributed by atoms with Gasteiger partial charge in [0.1, 0.15) is 5.78 Å². The van der Waals surface area contributed by atoms with Crippen LogP contribution in [-0.4, -0.2) is 42.6 Å². The van der Waals surface area contributed by atoms with Gasteiger partial charge in [-0.1, -0.05) is 0 Å². The van der Waals surface area contributed by atoms with E-state index in [0.29, 0.717) is 6.54 Å². The molecule has 0 radical (unpaired) electrons. The molecule has 5 heteroatoms. The Balaban J connectivity index is 3.71. The first-order valence-corrected chi connectivity index (χ1v) is 4.97. The van der Waals surface area contributed by atoms with Gasteiger partial charge in [-0.15, -0.1) is 0 Å². The summed E-state index contributed by atoms with van der Waals surface area (Å²) in [6.07, 6.45) is 0.377. The molecule has 1 N–H and O–H groups in total. The molecular weight excluding hydrogens is 196 g/mol. The van der Waals surface area contributed by atoms with Crippen LogP contribution in [-0.2, 0) is 14.4 Å². The monoisotopic (exact) mass is 214 g/mol. The van der Waals surface area contributed by atoms with Gasteiger partial charge in [0, 0.05) is 26.4 Å². The zero-order valence-electron chi connectivity index (χ0n) is 9.50. The van der Waals surface area contributed by atoms with E-state index < -0.39 is 0 Å². The number of nitrogens with zero attached hydrogens (tertiary/aromatic N) is 1. The minimum absolute atomic E-state index is 0.00107. The molecule has 0 aliphatic carbocycles. The van der Waals surface area contributed by atoms with Crippen molar-refractivity contribution in [2.45, 2.75) is 26.7 Å². The summed E-state index contributed by atoms with van der Waals surface area (Å²) < 4.78 is 0. The van der Waals surface area contributed by atoms with Crippen molar-refractivity contribution < 1.29 is 14.4 Å². The van der Waals surface area contributed by atoms with Crippen molar-refractivity contribution in [2.24, 2.45) is 0 Å². The summed E-state index contributed by atoms with van der Waals surface area (Å²) in [5, 5.41) is 2.47. The van der Waals surface area contributed by atoms with Crippen molar-refractivity contribution in [1.29, 1.82) is 0 Å². The fourth-order valence-corrected chi connectivity index (χ4v) is 0.863. The fourth-order valence-electron chi connectivity index (χ4n) is 0.863. The largest absolute Gasteiger partial charge is 0.347 e. The first kappa shape index (κ1) is 13.6. The zero-order chi connectivity index (χ0) is 11.8. The molecule has 86 valence electrons. The van der Waals surface area contributed by atoms with Crippen LogP contribution in [0.2, 0.25) is 0 Å². The van der Waals surface area contributed by atoms with Crippen LogP contribution in [0.5, 0.6) is 0 Å². The number of carbonyl (C=O) groups is 3. The van der Waals surface area contributed by atoms with Gasteiger partial charge in [0.15, 0.2) is 0 Å². The Morgan fingerprint density at radius 2 is 1.80 bits per heavy atom. The van der Waals surface area contributed by atoms with Crippen LogP contribution >= 0.6 is 0 Å². The third kappa shape index (κ3) is 6.65. The van der Waals surface area contributed by atoms with E-state index in [-0.39, 0.29) is 37.0 Å². The van der Waals surface area contributed by atoms with Gasteiger partial charge >= 0.3 is 0 Å². The first-order chi connectivity index (χ1) is 6.97. The summed E-state index contributed by atoms with van der Waals surface area (Å²) in [6.45, 7) is 3.90. The van der Waals surface area contributed by atoms with Gasteiger partial charge in [0.2, 0.25) is 11.8 Å². The van der Waals surface area contributed by atoms with E-state index >= 15 is 0 Å². The maximum Gasteiger partial charge on any atom is 0.241 e. The normalized spacial score (nSPS) is 9.53. The molecule has 5 nitrogen and oxygen atoms in total. The fraction of sp³-hybridized carbons (Fsp3) is 0.700. The lowest BCUT2D eigenvalue weighted by atomic mass is 10.2. The molecule has 0 fully saturated rings. The molecule has 2 amide bonds. The van der Waals surface area contributed by atoms with Crippen molar-refractivity contribution in [3.05, 3.63) is 0 Å². The first-order valence-electron chi connectivity index (χ1n) is 4.97. The van der Waals surface area contributed by atoms with E-state index in [2.05, 4.69) is 5.32 Å². The number of ketones is 1. The highest BCUT2D eigenvalue weighted by atomic mass is 16.2. The van der Waals surface area contributed by atoms with Crippen molar-refractivity contribution in [2.75, 3.05) is 20.1 Å². The minimum atomic E-state index is -0.261. The van der Waals surface area contributed by atoms with E-state index in [9.17, 15) is 14.4 Å². The van der Waals surface area contributed by atoms with Gasteiger partial charge in [0.05, 0.1) is 6.54 Å². The molecule has 0 aromatic rings. The third-order valence-electron chi connectivity index (χ3n) is 2.04. The van der Waals surface area contributed by atoms with Crippen LogP contribution in [0.1, 0.15) is 26.7 Å². The van der Waals surface area contributed by atoms with E-state index in [1.807, 2.05) is 6.92 Å². The summed E-state index contributed by atoms with van der Waals surface area (Å²) >= 11 is 0. The van der Waals surface area contributed by atoms with Crippen molar-refractivity contribution in [3.63, 3.8) is 0 Å². The summed E-state index contributed by atoms with van der Waals surface area (Å²) in [7, 11) is 1.67. The Kier molecular flexibility index (Phi) is 6.33. The maximum atomic E-state index is 11.3. The molecule has 0 unspecified atom stereocenters. The number of nitrogens with one attached hydrogen (secondary N) is 1. The molecule has 0 atom stereocenters. The maximum absolute atomic E-state index is 11.3. The van der Waals surface area contributed by atoms with Crippen LogP contribution in [0.3, 0.4) is 0 Å². The molecule has 15 heavy (non-hydrogen) atoms. The van der Waals surface area contributed by atoms with Crippen LogP contribution in [0.25, 0.3) is 0 Å². The van der Waals surface area contributed by atoms with Crippen molar-refractivity contribution in [1.82, 2.24) is 10.2 Å². The SMILES string of the molecule is CCN(C)C(=O)CNC(=O)CCC(C)=O. The molecule has 0 aliphatic rings. The predicted molar refractivity (Wildman–Crippen MR) is 56.2 cm³/mol. The standard InChI is InChI=1S/C10H18N2O3/c1-4-12(3)10(15)7-11-9(14)6-5-8(2)13/h4-7H2,1-3H3,(H,11,14). The lowest BCUT2D eigenvalue weighted by Crippen LogP contribution is -2.38. The second-order valence-corrected chi connectivity index (χ2v) is 3.39. The summed E-state index contributed by atoms with van der Waals surface area (Å²) in [4.78, 5) is 34.5. The number of carbonyl (C=O) groups excluding carboxylic acids is 3. The van der Waals surface area contributed by atoms with Crippen molar-refractivity contribution in [3.8, 4) is 0 Å². The lowest BCUT2D eigenvalue weighted by Gasteiger charge is -2.14. The highest BCUT2D eigenvalue weighted by molar-refractivity contribution is 5.87. The number of likely N-dealkylation sites (N-methyl/N-ethyl adjacent to an activating group) is 1. The summed E-state index contributed by atoms with van der Waals surface area (Å²) in [6, 6.07) is 0. The third-order valence-corrected chi connectivity index (χ3v) is 2.04. The quantitative estimate of drug-likeness (QED) is 0.674. The van der Waals surface area contributed by atoms with Crippen LogP contribution in [0.4, 0.5) is 0 Å². The number of hydrogen-bond acceptors (Lipinski definition) is 3. The Hall–Kier alpha value is -1.39. The second-order valence-electron chi connectivity index (χ2n) is 3.39.